The van der Waals surface area contributed by atoms with Crippen molar-refractivity contribution in [3.8, 4) is 72.7 Å². The monoisotopic (exact) mass is 762 g/mol. The molecule has 0 bridgehead atoms. The van der Waals surface area contributed by atoms with E-state index in [0.29, 0.717) is 0 Å². The van der Waals surface area contributed by atoms with Crippen LogP contribution in [0, 0.1) is 0 Å². The number of rotatable bonds is 4. The number of benzene rings is 10. The average Bonchev–Trinajstić information content (AvgIpc) is 3.92. The van der Waals surface area contributed by atoms with Crippen molar-refractivity contribution in [2.75, 3.05) is 0 Å². The molecule has 1 heterocycles. The highest BCUT2D eigenvalue weighted by molar-refractivity contribution is 6.27. The molecule has 13 rings (SSSR count). The van der Waals surface area contributed by atoms with Gasteiger partial charge in [-0.25, -0.2) is 4.98 Å². The summed E-state index contributed by atoms with van der Waals surface area (Å²) in [5.74, 6) is 0.935. The highest BCUT2D eigenvalue weighted by Crippen LogP contribution is 2.55. The number of nitrogens with zero attached hydrogens (tertiary/aromatic N) is 2. The lowest BCUT2D eigenvalue weighted by atomic mass is 9.79. The lowest BCUT2D eigenvalue weighted by Gasteiger charge is -2.24. The molecule has 0 saturated carbocycles. The fourth-order valence-electron chi connectivity index (χ4n) is 10.8. The van der Waals surface area contributed by atoms with E-state index in [9.17, 15) is 0 Å². The van der Waals surface area contributed by atoms with Crippen molar-refractivity contribution in [1.29, 1.82) is 0 Å². The number of imidazole rings is 1. The van der Waals surface area contributed by atoms with Crippen molar-refractivity contribution < 1.29 is 0 Å². The van der Waals surface area contributed by atoms with Gasteiger partial charge in [0.25, 0.3) is 0 Å². The van der Waals surface area contributed by atoms with Gasteiger partial charge in [0.2, 0.25) is 0 Å². The maximum absolute atomic E-state index is 5.20. The summed E-state index contributed by atoms with van der Waals surface area (Å²) < 4.78 is 2.28. The van der Waals surface area contributed by atoms with Crippen LogP contribution in [-0.2, 0) is 5.41 Å². The molecule has 0 N–H and O–H groups in total. The van der Waals surface area contributed by atoms with Crippen LogP contribution in [0.2, 0.25) is 0 Å². The number of para-hydroxylation sites is 3. The molecule has 0 spiro atoms. The smallest absolute Gasteiger partial charge is 0.145 e. The third kappa shape index (κ3) is 4.51. The molecule has 0 atom stereocenters. The zero-order chi connectivity index (χ0) is 39.7. The molecule has 0 radical (unpaired) electrons. The minimum Gasteiger partial charge on any atom is -0.292 e. The molecular weight excluding hydrogens is 725 g/mol. The number of hydrogen-bond donors (Lipinski definition) is 0. The summed E-state index contributed by atoms with van der Waals surface area (Å²) in [4.78, 5) is 5.20. The van der Waals surface area contributed by atoms with Crippen LogP contribution >= 0.6 is 0 Å². The topological polar surface area (TPSA) is 17.8 Å². The van der Waals surface area contributed by atoms with Gasteiger partial charge in [0.15, 0.2) is 0 Å². The number of aromatic nitrogens is 2. The predicted octanol–water partition coefficient (Wildman–Crippen LogP) is 15.4. The van der Waals surface area contributed by atoms with Crippen LogP contribution in [0.1, 0.15) is 25.0 Å². The van der Waals surface area contributed by atoms with Crippen LogP contribution in [0.4, 0.5) is 0 Å². The molecule has 11 aromatic rings. The molecule has 280 valence electrons. The highest BCUT2D eigenvalue weighted by atomic mass is 15.1. The first kappa shape index (κ1) is 33.4. The maximum atomic E-state index is 5.20. The molecule has 0 saturated heterocycles. The van der Waals surface area contributed by atoms with Gasteiger partial charge in [0, 0.05) is 16.7 Å². The summed E-state index contributed by atoms with van der Waals surface area (Å²) in [5, 5.41) is 7.72. The molecule has 2 heteroatoms. The van der Waals surface area contributed by atoms with Crippen molar-refractivity contribution in [3.63, 3.8) is 0 Å². The Bertz CT molecular complexity index is 3580. The average molecular weight is 763 g/mol. The molecule has 60 heavy (non-hydrogen) atoms. The first-order valence-corrected chi connectivity index (χ1v) is 21.0. The minimum atomic E-state index is -0.140. The molecule has 10 aromatic carbocycles. The van der Waals surface area contributed by atoms with E-state index in [1.54, 1.807) is 0 Å². The van der Waals surface area contributed by atoms with Gasteiger partial charge in [0.1, 0.15) is 5.82 Å². The van der Waals surface area contributed by atoms with E-state index >= 15 is 0 Å². The minimum absolute atomic E-state index is 0.140. The van der Waals surface area contributed by atoms with Gasteiger partial charge in [-0.2, -0.15) is 0 Å². The Morgan fingerprint density at radius 2 is 0.967 bits per heavy atom. The first-order valence-electron chi connectivity index (χ1n) is 21.0. The van der Waals surface area contributed by atoms with Crippen molar-refractivity contribution in [3.05, 3.63) is 205 Å². The van der Waals surface area contributed by atoms with E-state index in [1.165, 1.54) is 99.1 Å². The zero-order valence-corrected chi connectivity index (χ0v) is 33.4. The summed E-state index contributed by atoms with van der Waals surface area (Å²) in [6.45, 7) is 4.78. The number of fused-ring (bicyclic) bond motifs is 9. The van der Waals surface area contributed by atoms with Gasteiger partial charge in [0.05, 0.1) is 11.0 Å². The van der Waals surface area contributed by atoms with Crippen molar-refractivity contribution in [1.82, 2.24) is 9.55 Å². The second-order valence-electron chi connectivity index (χ2n) is 17.0. The van der Waals surface area contributed by atoms with E-state index in [2.05, 4.69) is 213 Å². The normalized spacial score (nSPS) is 13.3. The van der Waals surface area contributed by atoms with Crippen LogP contribution < -0.4 is 0 Å². The molecule has 2 aliphatic rings. The lowest BCUT2D eigenvalue weighted by Crippen LogP contribution is -2.14. The van der Waals surface area contributed by atoms with E-state index in [4.69, 9.17) is 4.98 Å². The van der Waals surface area contributed by atoms with E-state index in [-0.39, 0.29) is 5.41 Å². The Balaban J connectivity index is 1.10. The van der Waals surface area contributed by atoms with Crippen molar-refractivity contribution in [2.24, 2.45) is 0 Å². The number of hydrogen-bond acceptors (Lipinski definition) is 1. The Hall–Kier alpha value is -7.55. The quantitative estimate of drug-likeness (QED) is 0.163. The van der Waals surface area contributed by atoms with Gasteiger partial charge >= 0.3 is 0 Å². The summed E-state index contributed by atoms with van der Waals surface area (Å²) >= 11 is 0. The molecular formula is C58H38N2. The fourth-order valence-corrected chi connectivity index (χ4v) is 10.8. The van der Waals surface area contributed by atoms with Gasteiger partial charge < -0.3 is 0 Å². The summed E-state index contributed by atoms with van der Waals surface area (Å²) in [6, 6.07) is 71.8. The van der Waals surface area contributed by atoms with Crippen LogP contribution in [0.15, 0.2) is 194 Å². The Morgan fingerprint density at radius 1 is 0.383 bits per heavy atom. The van der Waals surface area contributed by atoms with Crippen LogP contribution in [0.5, 0.6) is 0 Å². The summed E-state index contributed by atoms with van der Waals surface area (Å²) in [5.41, 5.74) is 19.9. The van der Waals surface area contributed by atoms with Crippen LogP contribution in [0.25, 0.3) is 116 Å². The van der Waals surface area contributed by atoms with E-state index in [0.717, 1.165) is 28.1 Å². The van der Waals surface area contributed by atoms with E-state index in [1.807, 2.05) is 0 Å². The van der Waals surface area contributed by atoms with Gasteiger partial charge in [-0.1, -0.05) is 172 Å². The van der Waals surface area contributed by atoms with Crippen LogP contribution in [-0.4, -0.2) is 9.55 Å². The Morgan fingerprint density at radius 3 is 1.77 bits per heavy atom. The third-order valence-electron chi connectivity index (χ3n) is 13.6. The van der Waals surface area contributed by atoms with Gasteiger partial charge in [-0.05, 0) is 135 Å². The molecule has 2 nitrogen and oxygen atoms in total. The van der Waals surface area contributed by atoms with Crippen LogP contribution in [0.3, 0.4) is 0 Å². The molecule has 0 unspecified atom stereocenters. The molecule has 2 aliphatic carbocycles. The SMILES string of the molecule is CC1(C)c2ccccc2-c2cc3c(-c4ccc(-c5nc6ccccc6n5-c5ccccc5)cc4)c4ccccc4c(-c4ccc5c6c(cccc46)-c4ccccc4-5)c3cc21. The summed E-state index contributed by atoms with van der Waals surface area (Å²) in [6.07, 6.45) is 0. The van der Waals surface area contributed by atoms with Crippen molar-refractivity contribution in [2.45, 2.75) is 19.3 Å². The molecule has 1 aromatic heterocycles. The predicted molar refractivity (Wildman–Crippen MR) is 252 cm³/mol. The van der Waals surface area contributed by atoms with Gasteiger partial charge in [-0.15, -0.1) is 0 Å². The molecule has 0 fully saturated rings. The van der Waals surface area contributed by atoms with Gasteiger partial charge in [-0.3, -0.25) is 4.57 Å². The zero-order valence-electron chi connectivity index (χ0n) is 33.4. The standard InChI is InChI=1S/C58H38N2/c1-58(2)50-24-11-10-19-40(50)47-33-48-49(34-51(47)58)56(46-32-31-45-39-18-7-6-17-38(39)41-22-14-23-44(46)55(41)45)43-21-9-8-20-42(43)54(48)35-27-29-36(30-28-35)57-59-52-25-12-13-26-53(52)60(57)37-15-4-3-5-16-37/h3-34H,1-2H3. The largest absolute Gasteiger partial charge is 0.292 e. The highest BCUT2D eigenvalue weighted by Gasteiger charge is 2.36. The summed E-state index contributed by atoms with van der Waals surface area (Å²) in [7, 11) is 0. The maximum Gasteiger partial charge on any atom is 0.145 e. The molecule has 0 aliphatic heterocycles. The fraction of sp³-hybridized carbons (Fsp3) is 0.0517. The second kappa shape index (κ2) is 12.2. The van der Waals surface area contributed by atoms with E-state index < -0.39 is 0 Å². The Labute approximate surface area is 348 Å². The lowest BCUT2D eigenvalue weighted by molar-refractivity contribution is 0.661. The first-order chi connectivity index (χ1) is 29.5. The third-order valence-corrected chi connectivity index (χ3v) is 13.6. The Kier molecular flexibility index (Phi) is 6.82. The van der Waals surface area contributed by atoms with Crippen molar-refractivity contribution >= 4 is 43.4 Å². The molecule has 0 amide bonds. The second-order valence-corrected chi connectivity index (χ2v) is 17.0.